The van der Waals surface area contributed by atoms with E-state index >= 15 is 0 Å². The Morgan fingerprint density at radius 2 is 1.88 bits per heavy atom. The lowest BCUT2D eigenvalue weighted by atomic mass is 10.2. The highest BCUT2D eigenvalue weighted by atomic mass is 35.5. The minimum atomic E-state index is -0.303. The number of halogens is 2. The van der Waals surface area contributed by atoms with E-state index in [2.05, 4.69) is 15.6 Å². The number of anilines is 2. The Bertz CT molecular complexity index is 911. The van der Waals surface area contributed by atoms with Gasteiger partial charge in [-0.15, -0.1) is 0 Å². The average Bonchev–Trinajstić information content (AvgIpc) is 2.64. The molecule has 0 bridgehead atoms. The van der Waals surface area contributed by atoms with Crippen LogP contribution in [0.25, 0.3) is 0 Å². The first-order valence-electron chi connectivity index (χ1n) is 8.03. The van der Waals surface area contributed by atoms with Crippen LogP contribution in [0.15, 0.2) is 60.8 Å². The van der Waals surface area contributed by atoms with Gasteiger partial charge in [0.1, 0.15) is 11.6 Å². The molecular formula is C20H17ClFN3O. The molecule has 0 unspecified atom stereocenters. The van der Waals surface area contributed by atoms with Gasteiger partial charge in [0.25, 0.3) is 5.91 Å². The Balaban J connectivity index is 1.62. The molecule has 3 aromatic rings. The molecule has 26 heavy (non-hydrogen) atoms. The first-order chi connectivity index (χ1) is 12.5. The number of aryl methyl sites for hydroxylation is 1. The number of hydrogen-bond donors (Lipinski definition) is 2. The molecule has 0 spiro atoms. The zero-order valence-corrected chi connectivity index (χ0v) is 14.8. The van der Waals surface area contributed by atoms with E-state index in [1.165, 1.54) is 18.3 Å². The van der Waals surface area contributed by atoms with E-state index in [1.807, 2.05) is 25.1 Å². The van der Waals surface area contributed by atoms with E-state index in [0.29, 0.717) is 22.9 Å². The normalized spacial score (nSPS) is 10.4. The van der Waals surface area contributed by atoms with E-state index in [0.717, 1.165) is 16.8 Å². The maximum absolute atomic E-state index is 12.9. The summed E-state index contributed by atoms with van der Waals surface area (Å²) in [7, 11) is 0. The molecule has 0 aliphatic heterocycles. The van der Waals surface area contributed by atoms with Crippen LogP contribution in [0.2, 0.25) is 5.02 Å². The Morgan fingerprint density at radius 1 is 1.12 bits per heavy atom. The highest BCUT2D eigenvalue weighted by Gasteiger charge is 2.07. The van der Waals surface area contributed by atoms with Crippen LogP contribution in [0.1, 0.15) is 21.5 Å². The zero-order valence-electron chi connectivity index (χ0n) is 14.1. The third kappa shape index (κ3) is 4.58. The van der Waals surface area contributed by atoms with Crippen molar-refractivity contribution in [1.82, 2.24) is 10.3 Å². The second-order valence-electron chi connectivity index (χ2n) is 5.83. The molecule has 2 N–H and O–H groups in total. The first kappa shape index (κ1) is 17.9. The van der Waals surface area contributed by atoms with Crippen molar-refractivity contribution in [3.05, 3.63) is 88.3 Å². The van der Waals surface area contributed by atoms with Crippen molar-refractivity contribution in [2.24, 2.45) is 0 Å². The summed E-state index contributed by atoms with van der Waals surface area (Å²) in [6.45, 7) is 2.29. The van der Waals surface area contributed by atoms with Gasteiger partial charge in [-0.1, -0.05) is 29.8 Å². The molecule has 0 aliphatic carbocycles. The molecule has 1 heterocycles. The minimum Gasteiger partial charge on any atom is -0.348 e. The summed E-state index contributed by atoms with van der Waals surface area (Å²) in [5.41, 5.74) is 3.17. The summed E-state index contributed by atoms with van der Waals surface area (Å²) < 4.78 is 12.9. The van der Waals surface area contributed by atoms with Gasteiger partial charge in [-0.3, -0.25) is 4.79 Å². The number of nitrogens with one attached hydrogen (secondary N) is 2. The van der Waals surface area contributed by atoms with E-state index in [9.17, 15) is 9.18 Å². The van der Waals surface area contributed by atoms with Gasteiger partial charge in [0.05, 0.1) is 5.56 Å². The summed E-state index contributed by atoms with van der Waals surface area (Å²) in [5.74, 6) is 0.0695. The molecule has 1 amide bonds. The van der Waals surface area contributed by atoms with Gasteiger partial charge in [0.2, 0.25) is 0 Å². The molecule has 4 nitrogen and oxygen atoms in total. The van der Waals surface area contributed by atoms with Crippen LogP contribution in [0.5, 0.6) is 0 Å². The topological polar surface area (TPSA) is 54.0 Å². The van der Waals surface area contributed by atoms with Crippen molar-refractivity contribution in [3.8, 4) is 0 Å². The van der Waals surface area contributed by atoms with E-state index < -0.39 is 0 Å². The van der Waals surface area contributed by atoms with Crippen LogP contribution in [-0.2, 0) is 6.54 Å². The number of hydrogen-bond acceptors (Lipinski definition) is 3. The Morgan fingerprint density at radius 3 is 2.58 bits per heavy atom. The molecule has 0 fully saturated rings. The molecule has 132 valence electrons. The Labute approximate surface area is 156 Å². The maximum atomic E-state index is 12.9. The van der Waals surface area contributed by atoms with Crippen LogP contribution in [-0.4, -0.2) is 10.9 Å². The lowest BCUT2D eigenvalue weighted by Gasteiger charge is -2.10. The van der Waals surface area contributed by atoms with Crippen LogP contribution < -0.4 is 10.6 Å². The lowest BCUT2D eigenvalue weighted by molar-refractivity contribution is 0.0950. The summed E-state index contributed by atoms with van der Waals surface area (Å²) in [6, 6.07) is 15.0. The summed E-state index contributed by atoms with van der Waals surface area (Å²) in [6.07, 6.45) is 1.50. The lowest BCUT2D eigenvalue weighted by Crippen LogP contribution is -2.22. The van der Waals surface area contributed by atoms with Crippen molar-refractivity contribution < 1.29 is 9.18 Å². The summed E-state index contributed by atoms with van der Waals surface area (Å²) in [5, 5.41) is 6.59. The van der Waals surface area contributed by atoms with Gasteiger partial charge in [-0.05, 0) is 54.4 Å². The third-order valence-corrected chi connectivity index (χ3v) is 4.09. The standard InChI is InChI=1S/C20H17ClFN3O/c1-13-2-6-16(21)10-18(13)25-19-9-5-15(12-23-19)20(26)24-11-14-3-7-17(22)8-4-14/h2-10,12H,11H2,1H3,(H,23,25)(H,24,26). The predicted octanol–water partition coefficient (Wildman–Crippen LogP) is 4.86. The largest absolute Gasteiger partial charge is 0.348 e. The molecular weight excluding hydrogens is 353 g/mol. The fourth-order valence-corrected chi connectivity index (χ4v) is 2.53. The minimum absolute atomic E-state index is 0.243. The molecule has 0 aliphatic rings. The first-order valence-corrected chi connectivity index (χ1v) is 8.41. The van der Waals surface area contributed by atoms with Gasteiger partial charge >= 0.3 is 0 Å². The van der Waals surface area contributed by atoms with Gasteiger partial charge in [0.15, 0.2) is 0 Å². The highest BCUT2D eigenvalue weighted by Crippen LogP contribution is 2.23. The van der Waals surface area contributed by atoms with Crippen molar-refractivity contribution in [2.45, 2.75) is 13.5 Å². The number of carbonyl (C=O) groups is 1. The van der Waals surface area contributed by atoms with E-state index in [-0.39, 0.29) is 11.7 Å². The number of carbonyl (C=O) groups excluding carboxylic acids is 1. The van der Waals surface area contributed by atoms with E-state index in [4.69, 9.17) is 11.6 Å². The van der Waals surface area contributed by atoms with Crippen LogP contribution in [0, 0.1) is 12.7 Å². The van der Waals surface area contributed by atoms with Gasteiger partial charge < -0.3 is 10.6 Å². The van der Waals surface area contributed by atoms with Crippen molar-refractivity contribution in [3.63, 3.8) is 0 Å². The zero-order chi connectivity index (χ0) is 18.5. The molecule has 2 aromatic carbocycles. The van der Waals surface area contributed by atoms with E-state index in [1.54, 1.807) is 24.3 Å². The predicted molar refractivity (Wildman–Crippen MR) is 101 cm³/mol. The fourth-order valence-electron chi connectivity index (χ4n) is 2.36. The van der Waals surface area contributed by atoms with Gasteiger partial charge in [-0.2, -0.15) is 0 Å². The number of pyridine rings is 1. The molecule has 1 aromatic heterocycles. The molecule has 0 radical (unpaired) electrons. The van der Waals surface area contributed by atoms with Crippen LogP contribution in [0.4, 0.5) is 15.9 Å². The monoisotopic (exact) mass is 369 g/mol. The molecule has 3 rings (SSSR count). The highest BCUT2D eigenvalue weighted by molar-refractivity contribution is 6.30. The second-order valence-corrected chi connectivity index (χ2v) is 6.26. The number of benzene rings is 2. The van der Waals surface area contributed by atoms with Gasteiger partial charge in [-0.25, -0.2) is 9.37 Å². The fraction of sp³-hybridized carbons (Fsp3) is 0.100. The second kappa shape index (κ2) is 7.97. The Hall–Kier alpha value is -2.92. The number of amides is 1. The number of aromatic nitrogens is 1. The van der Waals surface area contributed by atoms with Crippen LogP contribution >= 0.6 is 11.6 Å². The average molecular weight is 370 g/mol. The number of rotatable bonds is 5. The summed E-state index contributed by atoms with van der Waals surface area (Å²) in [4.78, 5) is 16.5. The van der Waals surface area contributed by atoms with Crippen LogP contribution in [0.3, 0.4) is 0 Å². The summed E-state index contributed by atoms with van der Waals surface area (Å²) >= 11 is 6.01. The maximum Gasteiger partial charge on any atom is 0.253 e. The molecule has 0 atom stereocenters. The third-order valence-electron chi connectivity index (χ3n) is 3.85. The van der Waals surface area contributed by atoms with Gasteiger partial charge in [0, 0.05) is 23.5 Å². The quantitative estimate of drug-likeness (QED) is 0.675. The SMILES string of the molecule is Cc1ccc(Cl)cc1Nc1ccc(C(=O)NCc2ccc(F)cc2)cn1. The van der Waals surface area contributed by atoms with Crippen molar-refractivity contribution >= 4 is 29.0 Å². The Kier molecular flexibility index (Phi) is 5.49. The smallest absolute Gasteiger partial charge is 0.253 e. The molecule has 0 saturated heterocycles. The van der Waals surface area contributed by atoms with Crippen molar-refractivity contribution in [1.29, 1.82) is 0 Å². The molecule has 0 saturated carbocycles. The van der Waals surface area contributed by atoms with Crippen molar-refractivity contribution in [2.75, 3.05) is 5.32 Å². The number of nitrogens with zero attached hydrogens (tertiary/aromatic N) is 1. The molecule has 6 heteroatoms.